The van der Waals surface area contributed by atoms with Gasteiger partial charge >= 0.3 is 0 Å². The van der Waals surface area contributed by atoms with E-state index < -0.39 is 17.3 Å². The van der Waals surface area contributed by atoms with E-state index in [1.165, 1.54) is 5.01 Å². The van der Waals surface area contributed by atoms with E-state index in [1.807, 2.05) is 26.1 Å². The predicted molar refractivity (Wildman–Crippen MR) is 106 cm³/mol. The van der Waals surface area contributed by atoms with Gasteiger partial charge in [0.25, 0.3) is 0 Å². The van der Waals surface area contributed by atoms with Gasteiger partial charge in [0.2, 0.25) is 0 Å². The normalized spacial score (nSPS) is 24.8. The lowest BCUT2D eigenvalue weighted by molar-refractivity contribution is -0.173. The van der Waals surface area contributed by atoms with Crippen molar-refractivity contribution in [1.82, 2.24) is 9.91 Å². The molecule has 27 heavy (non-hydrogen) atoms. The van der Waals surface area contributed by atoms with Crippen molar-refractivity contribution in [3.05, 3.63) is 41.7 Å². The average molecular weight is 398 g/mol. The number of hydrogen-bond donors (Lipinski definition) is 4. The highest BCUT2D eigenvalue weighted by Gasteiger charge is 2.28. The lowest BCUT2D eigenvalue weighted by Crippen LogP contribution is -2.43. The molecule has 0 aromatic heterocycles. The Morgan fingerprint density at radius 3 is 2.63 bits per heavy atom. The molecule has 8 nitrogen and oxygen atoms in total. The fourth-order valence-electron chi connectivity index (χ4n) is 3.20. The highest BCUT2D eigenvalue weighted by atomic mass is 32.2. The second-order valence-corrected chi connectivity index (χ2v) is 8.14. The Bertz CT molecular complexity index is 645. The van der Waals surface area contributed by atoms with Crippen molar-refractivity contribution in [1.29, 1.82) is 0 Å². The van der Waals surface area contributed by atoms with Crippen LogP contribution >= 0.6 is 0 Å². The van der Waals surface area contributed by atoms with Crippen LogP contribution in [-0.2, 0) is 22.3 Å². The van der Waals surface area contributed by atoms with Gasteiger partial charge in [-0.2, -0.15) is 0 Å². The fourth-order valence-corrected chi connectivity index (χ4v) is 3.61. The summed E-state index contributed by atoms with van der Waals surface area (Å²) in [6.45, 7) is 3.23. The van der Waals surface area contributed by atoms with Gasteiger partial charge in [-0.3, -0.25) is 0 Å². The molecule has 2 rings (SSSR count). The molecule has 0 amide bonds. The Morgan fingerprint density at radius 2 is 2.04 bits per heavy atom. The third kappa shape index (κ3) is 7.21. The molecular weight excluding hydrogens is 366 g/mol. The van der Waals surface area contributed by atoms with Crippen molar-refractivity contribution < 1.29 is 14.1 Å². The van der Waals surface area contributed by atoms with Crippen LogP contribution in [0.25, 0.3) is 0 Å². The van der Waals surface area contributed by atoms with Crippen LogP contribution in [0.3, 0.4) is 0 Å². The highest BCUT2D eigenvalue weighted by molar-refractivity contribution is 7.82. The first-order valence-corrected chi connectivity index (χ1v) is 10.2. The summed E-state index contributed by atoms with van der Waals surface area (Å²) in [5.74, 6) is 6.02. The zero-order valence-electron chi connectivity index (χ0n) is 16.0. The Labute approximate surface area is 163 Å². The van der Waals surface area contributed by atoms with Gasteiger partial charge in [0.05, 0.1) is 17.5 Å². The van der Waals surface area contributed by atoms with Gasteiger partial charge < -0.3 is 25.5 Å². The van der Waals surface area contributed by atoms with Crippen LogP contribution in [0.15, 0.2) is 41.1 Å². The summed E-state index contributed by atoms with van der Waals surface area (Å²) in [4.78, 5) is 2.78. The van der Waals surface area contributed by atoms with Crippen LogP contribution in [0, 0.1) is 0 Å². The first-order chi connectivity index (χ1) is 12.7. The number of nitrogens with zero attached hydrogens (tertiary/aromatic N) is 2. The zero-order valence-corrected chi connectivity index (χ0v) is 16.8. The minimum atomic E-state index is -1.48. The highest BCUT2D eigenvalue weighted by Crippen LogP contribution is 2.22. The zero-order chi connectivity index (χ0) is 20.0. The second kappa shape index (κ2) is 10.2. The van der Waals surface area contributed by atoms with E-state index in [9.17, 15) is 9.32 Å². The summed E-state index contributed by atoms with van der Waals surface area (Å²) in [6, 6.07) is 7.41. The molecule has 1 fully saturated rings. The number of rotatable bonds is 8. The average Bonchev–Trinajstić information content (AvgIpc) is 2.59. The van der Waals surface area contributed by atoms with E-state index in [0.29, 0.717) is 30.0 Å². The molecule has 0 bridgehead atoms. The smallest absolute Gasteiger partial charge is 0.156 e. The molecule has 9 heteroatoms. The number of aliphatic hydroxyl groups excluding tert-OH is 1. The van der Waals surface area contributed by atoms with Gasteiger partial charge in [-0.25, -0.2) is 15.2 Å². The maximum absolute atomic E-state index is 11.2. The maximum Gasteiger partial charge on any atom is 0.156 e. The van der Waals surface area contributed by atoms with E-state index in [-0.39, 0.29) is 12.1 Å². The third-order valence-electron chi connectivity index (χ3n) is 4.70. The number of hydrogen-bond acceptors (Lipinski definition) is 7. The van der Waals surface area contributed by atoms with Gasteiger partial charge in [-0.05, 0) is 38.1 Å². The molecule has 1 aliphatic rings. The van der Waals surface area contributed by atoms with Crippen molar-refractivity contribution in [3.8, 4) is 0 Å². The molecule has 1 aromatic carbocycles. The summed E-state index contributed by atoms with van der Waals surface area (Å²) in [5.41, 5.74) is 7.76. The van der Waals surface area contributed by atoms with Crippen LogP contribution in [-0.4, -0.2) is 51.3 Å². The molecule has 3 unspecified atom stereocenters. The van der Waals surface area contributed by atoms with E-state index in [1.54, 1.807) is 18.3 Å². The van der Waals surface area contributed by atoms with E-state index in [2.05, 4.69) is 4.90 Å². The first-order valence-electron chi connectivity index (χ1n) is 9.01. The molecule has 1 aromatic rings. The molecular formula is C18H31N5O3S. The van der Waals surface area contributed by atoms with Gasteiger partial charge in [-0.1, -0.05) is 12.1 Å². The number of ether oxygens (including phenoxy) is 1. The monoisotopic (exact) mass is 397 g/mol. The second-order valence-electron chi connectivity index (χ2n) is 7.07. The van der Waals surface area contributed by atoms with Crippen molar-refractivity contribution in [2.24, 2.45) is 16.7 Å². The molecule has 0 aliphatic carbocycles. The standard InChI is InChI=1S/C18H31N5O3S/c1-13-9-16(10-18(24)26-13)22(2)8-7-15(19)12-23(20)11-14-3-5-17(6-4-14)27(21)25/h3-6,12-13,16,18,24H,7-11,19-21H2,1-2H3/b15-12-/t13-,16?,18?,27?/m1/s1. The summed E-state index contributed by atoms with van der Waals surface area (Å²) in [7, 11) is 0.555. The number of hydrazine groups is 1. The Hall–Kier alpha value is -1.49. The largest absolute Gasteiger partial charge is 0.401 e. The molecule has 1 heterocycles. The SMILES string of the molecule is C[C@@H]1CC(N(C)CC/C(N)=C/N(N)Cc2ccc(S(N)=O)cc2)CC(O)O1. The Morgan fingerprint density at radius 1 is 1.37 bits per heavy atom. The Kier molecular flexibility index (Phi) is 8.21. The van der Waals surface area contributed by atoms with Crippen LogP contribution in [0.1, 0.15) is 31.7 Å². The van der Waals surface area contributed by atoms with Crippen molar-refractivity contribution in [2.75, 3.05) is 13.6 Å². The van der Waals surface area contributed by atoms with Crippen LogP contribution in [0.2, 0.25) is 0 Å². The van der Waals surface area contributed by atoms with Crippen LogP contribution in [0.4, 0.5) is 0 Å². The minimum absolute atomic E-state index is 0.0525. The minimum Gasteiger partial charge on any atom is -0.401 e. The van der Waals surface area contributed by atoms with Crippen molar-refractivity contribution in [2.45, 2.75) is 56.1 Å². The van der Waals surface area contributed by atoms with Crippen molar-refractivity contribution >= 4 is 11.0 Å². The topological polar surface area (TPSA) is 131 Å². The maximum atomic E-state index is 11.2. The first kappa shape index (κ1) is 21.8. The summed E-state index contributed by atoms with van der Waals surface area (Å²) in [5, 5.41) is 16.6. The molecule has 4 atom stereocenters. The molecule has 0 saturated carbocycles. The predicted octanol–water partition coefficient (Wildman–Crippen LogP) is 0.352. The van der Waals surface area contributed by atoms with E-state index in [0.717, 1.165) is 18.5 Å². The lowest BCUT2D eigenvalue weighted by atomic mass is 10.0. The third-order valence-corrected chi connectivity index (χ3v) is 5.43. The fraction of sp³-hybridized carbons (Fsp3) is 0.556. The van der Waals surface area contributed by atoms with Gasteiger partial charge in [0, 0.05) is 37.3 Å². The molecule has 152 valence electrons. The summed E-state index contributed by atoms with van der Waals surface area (Å²) < 4.78 is 16.6. The van der Waals surface area contributed by atoms with Gasteiger partial charge in [0.1, 0.15) is 11.0 Å². The molecule has 0 spiro atoms. The van der Waals surface area contributed by atoms with E-state index >= 15 is 0 Å². The molecule has 0 radical (unpaired) electrons. The summed E-state index contributed by atoms with van der Waals surface area (Å²) in [6.07, 6.45) is 3.26. The number of aliphatic hydroxyl groups is 1. The van der Waals surface area contributed by atoms with Crippen LogP contribution in [0.5, 0.6) is 0 Å². The number of nitrogens with two attached hydrogens (primary N) is 3. The van der Waals surface area contributed by atoms with Gasteiger partial charge in [0.15, 0.2) is 6.29 Å². The van der Waals surface area contributed by atoms with Crippen LogP contribution < -0.4 is 16.7 Å². The Balaban J connectivity index is 1.81. The number of benzene rings is 1. The van der Waals surface area contributed by atoms with Gasteiger partial charge in [-0.15, -0.1) is 0 Å². The molecule has 1 saturated heterocycles. The van der Waals surface area contributed by atoms with E-state index in [4.69, 9.17) is 21.5 Å². The quantitative estimate of drug-likeness (QED) is 0.368. The molecule has 1 aliphatic heterocycles. The summed E-state index contributed by atoms with van der Waals surface area (Å²) >= 11 is 0. The lowest BCUT2D eigenvalue weighted by Gasteiger charge is -2.36. The van der Waals surface area contributed by atoms with Crippen molar-refractivity contribution in [3.63, 3.8) is 0 Å². The molecule has 7 N–H and O–H groups in total.